The molecule has 0 aromatic heterocycles. The molecule has 485 valence electrons. The van der Waals surface area contributed by atoms with Gasteiger partial charge in [0.15, 0.2) is 0 Å². The number of halogens is 1. The van der Waals surface area contributed by atoms with Gasteiger partial charge in [0, 0.05) is 21.2 Å². The van der Waals surface area contributed by atoms with Gasteiger partial charge in [-0.2, -0.15) is 0 Å². The molecule has 2 nitrogen and oxygen atoms in total. The quantitative estimate of drug-likeness (QED) is 0.127. The molecule has 0 aliphatic heterocycles. The van der Waals surface area contributed by atoms with Crippen LogP contribution < -0.4 is 15.1 Å². The summed E-state index contributed by atoms with van der Waals surface area (Å²) in [7, 11) is 0.708. The van der Waals surface area contributed by atoms with Gasteiger partial charge in [-0.3, -0.25) is 0 Å². The molecule has 0 heterocycles. The molecule has 17 aromatic rings. The normalized spacial score (nSPS) is 14.2. The average Bonchev–Trinajstić information content (AvgIpc) is 0.964. The van der Waals surface area contributed by atoms with Gasteiger partial charge in [0.25, 0.3) is 0 Å². The van der Waals surface area contributed by atoms with Crippen molar-refractivity contribution >= 4 is 111 Å². The van der Waals surface area contributed by atoms with Gasteiger partial charge >= 0.3 is 7.69 Å². The highest BCUT2D eigenvalue weighted by molar-refractivity contribution is 9.10. The number of hydrogen-bond donors (Lipinski definition) is 1. The van der Waals surface area contributed by atoms with Crippen molar-refractivity contribution in [3.63, 3.8) is 0 Å². The summed E-state index contributed by atoms with van der Waals surface area (Å²) < 4.78 is 6.17. The summed E-state index contributed by atoms with van der Waals surface area (Å²) in [5.74, 6) is 0.966. The van der Waals surface area contributed by atoms with Crippen LogP contribution in [-0.2, 0) is 10.8 Å². The summed E-state index contributed by atoms with van der Waals surface area (Å²) in [4.78, 5) is 0. The first-order chi connectivity index (χ1) is 49.9. The Morgan fingerprint density at radius 2 is 0.775 bits per heavy atom. The van der Waals surface area contributed by atoms with Gasteiger partial charge in [0.05, 0.1) is 0 Å². The number of benzene rings is 17. The second kappa shape index (κ2) is 25.3. The lowest BCUT2D eigenvalue weighted by Gasteiger charge is -2.22. The van der Waals surface area contributed by atoms with Crippen LogP contribution in [0.4, 0.5) is 0 Å². The molecule has 1 N–H and O–H groups in total. The lowest BCUT2D eigenvalue weighted by Crippen LogP contribution is -2.28. The maximum atomic E-state index is 8.82. The van der Waals surface area contributed by atoms with Crippen molar-refractivity contribution in [1.82, 2.24) is 0 Å². The van der Waals surface area contributed by atoms with Crippen molar-refractivity contribution in [3.8, 4) is 72.5 Å². The second-order valence-electron chi connectivity index (χ2n) is 28.7. The third-order valence-corrected chi connectivity index (χ3v) is 22.6. The van der Waals surface area contributed by atoms with Crippen LogP contribution in [0.1, 0.15) is 67.9 Å². The van der Waals surface area contributed by atoms with Crippen LogP contribution in [0.3, 0.4) is 0 Å². The lowest BCUT2D eigenvalue weighted by atomic mass is 9.81. The molecule has 20 rings (SSSR count). The zero-order valence-electron chi connectivity index (χ0n) is 57.3. The van der Waals surface area contributed by atoms with Crippen molar-refractivity contribution in [3.05, 3.63) is 364 Å². The molecule has 0 bridgehead atoms. The molecular weight excluding hydrogens is 1300 g/mol. The highest BCUT2D eigenvalue weighted by Crippen LogP contribution is 2.52. The number of fused-ring (bicyclic) bond motifs is 18. The van der Waals surface area contributed by atoms with Crippen LogP contribution in [0.25, 0.3) is 154 Å². The maximum absolute atomic E-state index is 8.82. The van der Waals surface area contributed by atoms with Crippen molar-refractivity contribution in [2.45, 2.75) is 50.9 Å². The Kier molecular flexibility index (Phi) is 15.6. The van der Waals surface area contributed by atoms with Gasteiger partial charge in [0.1, 0.15) is 5.75 Å². The molecule has 3 aliphatic carbocycles. The van der Waals surface area contributed by atoms with Crippen LogP contribution in [0, 0.1) is 0 Å². The van der Waals surface area contributed by atoms with E-state index in [-0.39, 0.29) is 10.8 Å². The van der Waals surface area contributed by atoms with E-state index in [2.05, 4.69) is 359 Å². The fourth-order valence-corrected chi connectivity index (χ4v) is 17.4. The largest absolute Gasteiger partial charge is 0.569 e. The molecule has 4 heteroatoms. The van der Waals surface area contributed by atoms with Gasteiger partial charge in [-0.25, -0.2) is 0 Å². The Morgan fingerprint density at radius 3 is 1.36 bits per heavy atom. The van der Waals surface area contributed by atoms with Gasteiger partial charge in [0.2, 0.25) is 0 Å². The second-order valence-corrected chi connectivity index (χ2v) is 29.6. The van der Waals surface area contributed by atoms with Crippen molar-refractivity contribution in [2.75, 3.05) is 0 Å². The monoisotopic (exact) mass is 1370 g/mol. The van der Waals surface area contributed by atoms with Crippen LogP contribution >= 0.6 is 15.9 Å². The molecule has 1 unspecified atom stereocenters. The Morgan fingerprint density at radius 1 is 0.324 bits per heavy atom. The third-order valence-electron chi connectivity index (χ3n) is 22.2. The van der Waals surface area contributed by atoms with E-state index in [4.69, 9.17) is 9.68 Å². The molecule has 0 saturated carbocycles. The molecule has 3 aliphatic rings. The van der Waals surface area contributed by atoms with Crippen molar-refractivity contribution in [2.24, 2.45) is 0 Å². The molecule has 0 amide bonds. The molecule has 1 radical (unpaired) electrons. The molecule has 0 saturated heterocycles. The van der Waals surface area contributed by atoms with Crippen molar-refractivity contribution < 1.29 is 9.68 Å². The van der Waals surface area contributed by atoms with Crippen LogP contribution in [-0.4, -0.2) is 12.7 Å². The number of rotatable bonds is 7. The summed E-state index contributed by atoms with van der Waals surface area (Å²) in [5, 5.41) is 29.4. The summed E-state index contributed by atoms with van der Waals surface area (Å²) in [5.41, 5.74) is 22.5. The molecule has 0 spiro atoms. The first kappa shape index (κ1) is 62.8. The minimum atomic E-state index is 0.00528. The summed E-state index contributed by atoms with van der Waals surface area (Å²) in [6.45, 7) is 9.33. The fourth-order valence-electron chi connectivity index (χ4n) is 17.0. The first-order valence-corrected chi connectivity index (χ1v) is 36.2. The van der Waals surface area contributed by atoms with Gasteiger partial charge in [-0.1, -0.05) is 317 Å². The Balaban J connectivity index is 0.000000119. The van der Waals surface area contributed by atoms with E-state index in [1.165, 1.54) is 170 Å². The van der Waals surface area contributed by atoms with Crippen molar-refractivity contribution in [1.29, 1.82) is 0 Å². The molecule has 102 heavy (non-hydrogen) atoms. The smallest absolute Gasteiger partial charge is 0.537 e. The average molecular weight is 1370 g/mol. The van der Waals surface area contributed by atoms with Gasteiger partial charge in [-0.05, 0) is 248 Å². The standard InChI is InChI=1S/C49H36.C25H20BO2.C24H15Br/c1-49(2)46-17-8-7-15-42(46)43-25-24-37(30-47(43)49)36-22-21-34-26-33(19-20-35(34)27-36)32-11-9-12-38(28-32)45-29-39-23-18-31-10-3-4-13-40(31)48(39)44-16-6-5-14-41(44)45;1-25(2)23-6-4-3-5-21(23)22-12-10-19(15-24(22)25)16-7-8-18-14-20(28-26-27)11-9-17(18)13-16;25-19-8-5-7-17(14-19)23-15-18-13-12-16-6-1-2-9-20(16)24(18)22-11-4-3-10-21(22)23/h3-18,20-30,33H,19H2,1-2H3;3-15,27H,1-2H3;1-15H. The molecule has 1 atom stereocenters. The SMILES string of the molecule is Brc1cccc(-c2cc3ccc4ccccc4c3c3ccccc23)c1.CC1(C)c2ccccc2-c2ccc(-c3ccc4c(c3)=CCC(c3cccc(-c5cc6ccc7ccccc7c6c6ccccc56)c3)C=4)cc21.CC1(C)c2ccccc2-c2ccc(-c3ccc4cc(O[B]O)ccc4c3)cc21. The number of hydrogen-bond acceptors (Lipinski definition) is 2. The fraction of sp³-hybridized carbons (Fsp3) is 0.0816. The van der Waals surface area contributed by atoms with E-state index < -0.39 is 0 Å². The predicted molar refractivity (Wildman–Crippen MR) is 437 cm³/mol. The van der Waals surface area contributed by atoms with Gasteiger partial charge in [-0.15, -0.1) is 0 Å². The summed E-state index contributed by atoms with van der Waals surface area (Å²) in [6.07, 6.45) is 5.92. The topological polar surface area (TPSA) is 29.5 Å². The lowest BCUT2D eigenvalue weighted by molar-refractivity contribution is 0.454. The Labute approximate surface area is 604 Å². The van der Waals surface area contributed by atoms with E-state index in [1.54, 1.807) is 0 Å². The van der Waals surface area contributed by atoms with E-state index >= 15 is 0 Å². The van der Waals surface area contributed by atoms with Crippen LogP contribution in [0.15, 0.2) is 326 Å². The Bertz CT molecular complexity index is 6420. The van der Waals surface area contributed by atoms with Gasteiger partial charge < -0.3 is 9.68 Å². The summed E-state index contributed by atoms with van der Waals surface area (Å²) in [6, 6.07) is 117. The zero-order chi connectivity index (χ0) is 68.8. The maximum Gasteiger partial charge on any atom is 0.569 e. The van der Waals surface area contributed by atoms with E-state index in [9.17, 15) is 0 Å². The Hall–Kier alpha value is -11.4. The zero-order valence-corrected chi connectivity index (χ0v) is 58.9. The minimum absolute atomic E-state index is 0.00528. The predicted octanol–water partition coefficient (Wildman–Crippen LogP) is 24.8. The molecule has 0 fully saturated rings. The highest BCUT2D eigenvalue weighted by Gasteiger charge is 2.37. The first-order valence-electron chi connectivity index (χ1n) is 35.4. The highest BCUT2D eigenvalue weighted by atomic mass is 79.9. The molecular formula is C98H71BBrO2. The van der Waals surface area contributed by atoms with E-state index in [0.717, 1.165) is 21.7 Å². The van der Waals surface area contributed by atoms with Crippen LogP contribution in [0.5, 0.6) is 5.75 Å². The van der Waals surface area contributed by atoms with E-state index in [0.29, 0.717) is 19.4 Å². The molecule has 17 aromatic carbocycles. The van der Waals surface area contributed by atoms with Crippen LogP contribution in [0.2, 0.25) is 0 Å². The minimum Gasteiger partial charge on any atom is -0.537 e. The summed E-state index contributed by atoms with van der Waals surface area (Å²) >= 11 is 3.61. The third kappa shape index (κ3) is 10.9. The van der Waals surface area contributed by atoms with E-state index in [1.807, 2.05) is 18.2 Å².